The fourth-order valence-electron chi connectivity index (χ4n) is 2.93. The summed E-state index contributed by atoms with van der Waals surface area (Å²) in [6, 6.07) is 7.60. The molecule has 1 aromatic rings. The van der Waals surface area contributed by atoms with Gasteiger partial charge in [-0.05, 0) is 43.4 Å². The van der Waals surface area contributed by atoms with E-state index in [2.05, 4.69) is 0 Å². The van der Waals surface area contributed by atoms with Crippen LogP contribution in [0.4, 0.5) is 0 Å². The summed E-state index contributed by atoms with van der Waals surface area (Å²) in [6.07, 6.45) is 8.75. The number of hydrogen-bond donors (Lipinski definition) is 1. The fraction of sp³-hybridized carbons (Fsp3) is 0.625. The average molecular weight is 267 g/mol. The molecule has 0 bridgehead atoms. The molecule has 0 spiro atoms. The number of rotatable bonds is 4. The monoisotopic (exact) mass is 266 g/mol. The topological polar surface area (TPSA) is 20.2 Å². The summed E-state index contributed by atoms with van der Waals surface area (Å²) in [4.78, 5) is 0. The summed E-state index contributed by atoms with van der Waals surface area (Å²) in [5.41, 5.74) is 0.188. The van der Waals surface area contributed by atoms with E-state index in [1.165, 1.54) is 32.1 Å². The second-order valence-electron chi connectivity index (χ2n) is 5.83. The summed E-state index contributed by atoms with van der Waals surface area (Å²) in [7, 11) is 0. The Morgan fingerprint density at radius 1 is 1.28 bits per heavy atom. The maximum atomic E-state index is 10.6. The quantitative estimate of drug-likeness (QED) is 0.821. The molecule has 1 saturated carbocycles. The highest BCUT2D eigenvalue weighted by molar-refractivity contribution is 6.30. The van der Waals surface area contributed by atoms with Crippen molar-refractivity contribution >= 4 is 11.6 Å². The molecule has 0 saturated heterocycles. The first-order chi connectivity index (χ1) is 8.58. The summed E-state index contributed by atoms with van der Waals surface area (Å²) < 4.78 is 0. The van der Waals surface area contributed by atoms with Gasteiger partial charge in [0.2, 0.25) is 0 Å². The zero-order valence-corrected chi connectivity index (χ0v) is 11.9. The van der Waals surface area contributed by atoms with Crippen LogP contribution in [0.25, 0.3) is 0 Å². The molecule has 1 N–H and O–H groups in total. The first-order valence-corrected chi connectivity index (χ1v) is 7.44. The predicted octanol–water partition coefficient (Wildman–Crippen LogP) is 4.91. The highest BCUT2D eigenvalue weighted by Gasteiger charge is 2.25. The Balaban J connectivity index is 1.94. The Morgan fingerprint density at radius 2 is 2.00 bits per heavy atom. The van der Waals surface area contributed by atoms with E-state index in [1.807, 2.05) is 31.2 Å². The Kier molecular flexibility index (Phi) is 4.69. The average Bonchev–Trinajstić information content (AvgIpc) is 2.38. The van der Waals surface area contributed by atoms with Gasteiger partial charge in [0.15, 0.2) is 0 Å². The molecule has 1 aliphatic carbocycles. The van der Waals surface area contributed by atoms with Crippen LogP contribution in [0, 0.1) is 5.92 Å². The lowest BCUT2D eigenvalue weighted by Crippen LogP contribution is -2.22. The molecule has 0 radical (unpaired) electrons. The van der Waals surface area contributed by atoms with Crippen LogP contribution in [0.1, 0.15) is 57.4 Å². The van der Waals surface area contributed by atoms with E-state index in [0.29, 0.717) is 5.02 Å². The molecule has 0 amide bonds. The minimum atomic E-state index is -0.748. The zero-order valence-electron chi connectivity index (χ0n) is 11.2. The lowest BCUT2D eigenvalue weighted by atomic mass is 9.81. The molecule has 1 nitrogen and oxygen atoms in total. The number of halogens is 1. The molecule has 2 rings (SSSR count). The smallest absolute Gasteiger partial charge is 0.0869 e. The van der Waals surface area contributed by atoms with Gasteiger partial charge >= 0.3 is 0 Å². The highest BCUT2D eigenvalue weighted by atomic mass is 35.5. The van der Waals surface area contributed by atoms with Gasteiger partial charge in [0.05, 0.1) is 5.60 Å². The van der Waals surface area contributed by atoms with Crippen molar-refractivity contribution in [2.45, 2.75) is 57.5 Å². The normalized spacial score (nSPS) is 20.6. The second kappa shape index (κ2) is 6.08. The molecular weight excluding hydrogens is 244 g/mol. The van der Waals surface area contributed by atoms with Crippen molar-refractivity contribution in [3.05, 3.63) is 34.9 Å². The van der Waals surface area contributed by atoms with E-state index in [4.69, 9.17) is 11.6 Å². The van der Waals surface area contributed by atoms with Crippen LogP contribution in [0.5, 0.6) is 0 Å². The highest BCUT2D eigenvalue weighted by Crippen LogP contribution is 2.33. The molecule has 18 heavy (non-hydrogen) atoms. The molecule has 1 aliphatic rings. The molecule has 1 atom stereocenters. The van der Waals surface area contributed by atoms with E-state index in [0.717, 1.165) is 24.3 Å². The van der Waals surface area contributed by atoms with Crippen molar-refractivity contribution in [2.75, 3.05) is 0 Å². The van der Waals surface area contributed by atoms with Crippen LogP contribution in [0.2, 0.25) is 5.02 Å². The van der Waals surface area contributed by atoms with Gasteiger partial charge in [0.25, 0.3) is 0 Å². The maximum Gasteiger partial charge on any atom is 0.0869 e. The molecule has 1 aromatic carbocycles. The molecule has 0 heterocycles. The van der Waals surface area contributed by atoms with Gasteiger partial charge in [0.1, 0.15) is 0 Å². The minimum Gasteiger partial charge on any atom is -0.385 e. The van der Waals surface area contributed by atoms with Crippen molar-refractivity contribution < 1.29 is 5.11 Å². The third-order valence-electron chi connectivity index (χ3n) is 4.21. The standard InChI is InChI=1S/C16H23ClO/c1-16(18,14-8-5-9-15(17)12-14)11-10-13-6-3-2-4-7-13/h5,8-9,12-13,18H,2-4,6-7,10-11H2,1H3. The lowest BCUT2D eigenvalue weighted by molar-refractivity contribution is 0.0387. The Bertz CT molecular complexity index is 380. The summed E-state index contributed by atoms with van der Waals surface area (Å²) in [6.45, 7) is 1.90. The summed E-state index contributed by atoms with van der Waals surface area (Å²) >= 11 is 5.99. The van der Waals surface area contributed by atoms with Gasteiger partial charge in [-0.15, -0.1) is 0 Å². The third-order valence-corrected chi connectivity index (χ3v) is 4.45. The number of aliphatic hydroxyl groups is 1. The van der Waals surface area contributed by atoms with Crippen LogP contribution < -0.4 is 0 Å². The Morgan fingerprint density at radius 3 is 2.67 bits per heavy atom. The zero-order chi connectivity index (χ0) is 13.0. The molecule has 1 fully saturated rings. The van der Waals surface area contributed by atoms with Crippen molar-refractivity contribution in [1.29, 1.82) is 0 Å². The molecule has 0 aromatic heterocycles. The molecule has 0 aliphatic heterocycles. The lowest BCUT2D eigenvalue weighted by Gasteiger charge is -2.28. The molecule has 1 unspecified atom stereocenters. The fourth-order valence-corrected chi connectivity index (χ4v) is 3.12. The SMILES string of the molecule is CC(O)(CCC1CCCCC1)c1cccc(Cl)c1. The van der Waals surface area contributed by atoms with Gasteiger partial charge in [-0.1, -0.05) is 55.8 Å². The van der Waals surface area contributed by atoms with Crippen molar-refractivity contribution in [3.8, 4) is 0 Å². The molecule has 2 heteroatoms. The van der Waals surface area contributed by atoms with Gasteiger partial charge in [-0.25, -0.2) is 0 Å². The van der Waals surface area contributed by atoms with E-state index < -0.39 is 5.60 Å². The number of hydrogen-bond acceptors (Lipinski definition) is 1. The minimum absolute atomic E-state index is 0.699. The van der Waals surface area contributed by atoms with E-state index in [-0.39, 0.29) is 0 Å². The second-order valence-corrected chi connectivity index (χ2v) is 6.26. The van der Waals surface area contributed by atoms with Gasteiger partial charge in [-0.2, -0.15) is 0 Å². The van der Waals surface area contributed by atoms with Crippen molar-refractivity contribution in [1.82, 2.24) is 0 Å². The summed E-state index contributed by atoms with van der Waals surface area (Å²) in [5, 5.41) is 11.3. The Labute approximate surface area is 115 Å². The van der Waals surface area contributed by atoms with Crippen LogP contribution in [0.15, 0.2) is 24.3 Å². The van der Waals surface area contributed by atoms with Crippen LogP contribution in [0.3, 0.4) is 0 Å². The summed E-state index contributed by atoms with van der Waals surface area (Å²) in [5.74, 6) is 0.810. The number of benzene rings is 1. The van der Waals surface area contributed by atoms with E-state index in [1.54, 1.807) is 0 Å². The molecule has 100 valence electrons. The third kappa shape index (κ3) is 3.73. The van der Waals surface area contributed by atoms with Gasteiger partial charge < -0.3 is 5.11 Å². The van der Waals surface area contributed by atoms with Crippen LogP contribution >= 0.6 is 11.6 Å². The van der Waals surface area contributed by atoms with Crippen molar-refractivity contribution in [2.24, 2.45) is 5.92 Å². The first-order valence-electron chi connectivity index (χ1n) is 7.06. The van der Waals surface area contributed by atoms with Crippen LogP contribution in [-0.4, -0.2) is 5.11 Å². The van der Waals surface area contributed by atoms with Crippen molar-refractivity contribution in [3.63, 3.8) is 0 Å². The predicted molar refractivity (Wildman–Crippen MR) is 76.8 cm³/mol. The molecular formula is C16H23ClO. The van der Waals surface area contributed by atoms with Gasteiger partial charge in [0, 0.05) is 5.02 Å². The van der Waals surface area contributed by atoms with E-state index in [9.17, 15) is 5.11 Å². The Hall–Kier alpha value is -0.530. The first kappa shape index (κ1) is 13.9. The van der Waals surface area contributed by atoms with Crippen LogP contribution in [-0.2, 0) is 5.60 Å². The maximum absolute atomic E-state index is 10.6. The van der Waals surface area contributed by atoms with E-state index >= 15 is 0 Å². The largest absolute Gasteiger partial charge is 0.385 e. The van der Waals surface area contributed by atoms with Gasteiger partial charge in [-0.3, -0.25) is 0 Å².